The summed E-state index contributed by atoms with van der Waals surface area (Å²) in [7, 11) is 2.34. The minimum atomic E-state index is -1.87. The molecule has 0 fully saturated rings. The summed E-state index contributed by atoms with van der Waals surface area (Å²) in [5.74, 6) is 1.01. The van der Waals surface area contributed by atoms with E-state index in [-0.39, 0.29) is 24.5 Å². The number of nitrogens with zero attached hydrogens (tertiary/aromatic N) is 3. The highest BCUT2D eigenvalue weighted by Gasteiger charge is 2.52. The molecule has 2 heterocycles. The average molecular weight is 442 g/mol. The van der Waals surface area contributed by atoms with Crippen molar-refractivity contribution in [1.29, 1.82) is 0 Å². The van der Waals surface area contributed by atoms with Crippen LogP contribution in [0.15, 0.2) is 30.9 Å². The van der Waals surface area contributed by atoms with Crippen LogP contribution in [0.25, 0.3) is 0 Å². The van der Waals surface area contributed by atoms with E-state index in [0.29, 0.717) is 5.56 Å². The summed E-state index contributed by atoms with van der Waals surface area (Å²) in [4.78, 5) is 46.0. The van der Waals surface area contributed by atoms with Gasteiger partial charge in [-0.3, -0.25) is 14.9 Å². The smallest absolute Gasteiger partial charge is 0.413 e. The van der Waals surface area contributed by atoms with E-state index in [4.69, 9.17) is 20.6 Å². The number of aromatic nitrogens is 3. The number of carbonyl (C=O) groups is 3. The molecule has 0 bridgehead atoms. The lowest BCUT2D eigenvalue weighted by atomic mass is 9.79. The van der Waals surface area contributed by atoms with Crippen molar-refractivity contribution in [1.82, 2.24) is 14.5 Å². The summed E-state index contributed by atoms with van der Waals surface area (Å²) in [5.41, 5.74) is -1.90. The number of carbonyl (C=O) groups excluding carboxylic acids is 3. The molecular weight excluding hydrogens is 416 g/mol. The van der Waals surface area contributed by atoms with Gasteiger partial charge in [0.25, 0.3) is 0 Å². The summed E-state index contributed by atoms with van der Waals surface area (Å²) in [6.07, 6.45) is 8.87. The van der Waals surface area contributed by atoms with Crippen molar-refractivity contribution >= 4 is 23.8 Å². The molecule has 0 aliphatic carbocycles. The fourth-order valence-electron chi connectivity index (χ4n) is 2.97. The molecular formula is C22H26N4O6. The number of nitrogens with one attached hydrogen (secondary N) is 1. The van der Waals surface area contributed by atoms with Crippen LogP contribution in [0.1, 0.15) is 32.0 Å². The van der Waals surface area contributed by atoms with Crippen LogP contribution < -0.4 is 5.32 Å². The van der Waals surface area contributed by atoms with E-state index in [1.165, 1.54) is 39.0 Å². The van der Waals surface area contributed by atoms with E-state index < -0.39 is 29.0 Å². The van der Waals surface area contributed by atoms with E-state index in [1.54, 1.807) is 31.4 Å². The Balaban J connectivity index is 2.37. The molecule has 0 aromatic carbocycles. The zero-order valence-electron chi connectivity index (χ0n) is 18.7. The minimum absolute atomic E-state index is 0.127. The van der Waals surface area contributed by atoms with Crippen LogP contribution in [0.4, 0.5) is 10.6 Å². The maximum absolute atomic E-state index is 12.8. The molecule has 2 aromatic rings. The van der Waals surface area contributed by atoms with E-state index in [2.05, 4.69) is 21.2 Å². The van der Waals surface area contributed by atoms with E-state index in [1.807, 2.05) is 0 Å². The highest BCUT2D eigenvalue weighted by molar-refractivity contribution is 6.06. The fraction of sp³-hybridized carbons (Fsp3) is 0.409. The van der Waals surface area contributed by atoms with Gasteiger partial charge in [0.15, 0.2) is 0 Å². The zero-order chi connectivity index (χ0) is 23.9. The van der Waals surface area contributed by atoms with Crippen molar-refractivity contribution in [3.05, 3.63) is 42.1 Å². The topological polar surface area (TPSA) is 122 Å². The van der Waals surface area contributed by atoms with Gasteiger partial charge in [0.1, 0.15) is 11.4 Å². The second-order valence-electron chi connectivity index (χ2n) is 7.88. The molecule has 1 N–H and O–H groups in total. The maximum Gasteiger partial charge on any atom is 0.413 e. The number of anilines is 1. The van der Waals surface area contributed by atoms with Crippen LogP contribution in [-0.2, 0) is 42.2 Å². The molecule has 0 radical (unpaired) electrons. The van der Waals surface area contributed by atoms with Gasteiger partial charge in [0, 0.05) is 18.8 Å². The standard InChI is InChI=1S/C22H26N4O6/c1-7-10-26-13-16(24-14-26)22(18(27)30-5,19(28)31-6)11-15-8-9-17(23-12-15)25-20(29)32-21(2,3)4/h1,8-9,12-14H,10-11H2,2-6H3,(H,23,25,29). The summed E-state index contributed by atoms with van der Waals surface area (Å²) in [6, 6.07) is 3.13. The van der Waals surface area contributed by atoms with Gasteiger partial charge in [-0.15, -0.1) is 6.42 Å². The number of pyridine rings is 1. The Bertz CT molecular complexity index is 998. The van der Waals surface area contributed by atoms with Gasteiger partial charge in [-0.2, -0.15) is 0 Å². The Morgan fingerprint density at radius 1 is 1.12 bits per heavy atom. The lowest BCUT2D eigenvalue weighted by molar-refractivity contribution is -0.162. The van der Waals surface area contributed by atoms with Gasteiger partial charge in [0.05, 0.1) is 32.8 Å². The molecule has 170 valence electrons. The molecule has 10 nitrogen and oxygen atoms in total. The number of hydrogen-bond acceptors (Lipinski definition) is 8. The van der Waals surface area contributed by atoms with Crippen molar-refractivity contribution in [3.8, 4) is 12.3 Å². The fourth-order valence-corrected chi connectivity index (χ4v) is 2.97. The monoisotopic (exact) mass is 442 g/mol. The molecule has 32 heavy (non-hydrogen) atoms. The lowest BCUT2D eigenvalue weighted by Crippen LogP contribution is -2.47. The van der Waals surface area contributed by atoms with Gasteiger partial charge < -0.3 is 18.8 Å². The number of imidazole rings is 1. The largest absolute Gasteiger partial charge is 0.468 e. The predicted molar refractivity (Wildman–Crippen MR) is 115 cm³/mol. The predicted octanol–water partition coefficient (Wildman–Crippen LogP) is 2.08. The first-order valence-corrected chi connectivity index (χ1v) is 9.63. The number of methoxy groups -OCH3 is 2. The van der Waals surface area contributed by atoms with Crippen molar-refractivity contribution in [2.75, 3.05) is 19.5 Å². The molecule has 2 rings (SSSR count). The Morgan fingerprint density at radius 3 is 2.28 bits per heavy atom. The van der Waals surface area contributed by atoms with Gasteiger partial charge in [0.2, 0.25) is 5.41 Å². The van der Waals surface area contributed by atoms with Gasteiger partial charge >= 0.3 is 18.0 Å². The molecule has 0 saturated carbocycles. The van der Waals surface area contributed by atoms with E-state index in [9.17, 15) is 14.4 Å². The normalized spacial score (nSPS) is 11.2. The zero-order valence-corrected chi connectivity index (χ0v) is 18.7. The van der Waals surface area contributed by atoms with Crippen LogP contribution >= 0.6 is 0 Å². The van der Waals surface area contributed by atoms with Gasteiger partial charge in [-0.05, 0) is 32.4 Å². The first kappa shape index (κ1) is 24.4. The second kappa shape index (κ2) is 9.96. The molecule has 10 heteroatoms. The summed E-state index contributed by atoms with van der Waals surface area (Å²) in [5, 5.41) is 2.52. The summed E-state index contributed by atoms with van der Waals surface area (Å²) in [6.45, 7) is 5.44. The summed E-state index contributed by atoms with van der Waals surface area (Å²) >= 11 is 0. The Kier molecular flexibility index (Phi) is 7.59. The van der Waals surface area contributed by atoms with Gasteiger partial charge in [-0.25, -0.2) is 14.8 Å². The lowest BCUT2D eigenvalue weighted by Gasteiger charge is -2.26. The molecule has 0 spiro atoms. The van der Waals surface area contributed by atoms with Crippen molar-refractivity contribution < 1.29 is 28.6 Å². The SMILES string of the molecule is C#CCn1cnc(C(Cc2ccc(NC(=O)OC(C)(C)C)nc2)(C(=O)OC)C(=O)OC)c1. The number of rotatable bonds is 7. The van der Waals surface area contributed by atoms with Crippen LogP contribution in [0.3, 0.4) is 0 Å². The van der Waals surface area contributed by atoms with Crippen LogP contribution in [0.2, 0.25) is 0 Å². The quantitative estimate of drug-likeness (QED) is 0.299. The van der Waals surface area contributed by atoms with E-state index >= 15 is 0 Å². The van der Waals surface area contributed by atoms with Crippen LogP contribution in [0, 0.1) is 12.3 Å². The number of terminal acetylenes is 1. The minimum Gasteiger partial charge on any atom is -0.468 e. The molecule has 0 atom stereocenters. The maximum atomic E-state index is 12.8. The van der Waals surface area contributed by atoms with Crippen molar-refractivity contribution in [2.45, 2.75) is 44.8 Å². The van der Waals surface area contributed by atoms with Gasteiger partial charge in [-0.1, -0.05) is 12.0 Å². The third kappa shape index (κ3) is 5.63. The Morgan fingerprint density at radius 2 is 1.78 bits per heavy atom. The Hall–Kier alpha value is -3.87. The molecule has 0 aliphatic rings. The first-order chi connectivity index (χ1) is 15.1. The Labute approximate surface area is 186 Å². The molecule has 0 saturated heterocycles. The molecule has 1 amide bonds. The van der Waals surface area contributed by atoms with Crippen LogP contribution in [0.5, 0.6) is 0 Å². The van der Waals surface area contributed by atoms with E-state index in [0.717, 1.165) is 0 Å². The molecule has 0 aliphatic heterocycles. The number of esters is 2. The van der Waals surface area contributed by atoms with Crippen LogP contribution in [-0.4, -0.2) is 52.4 Å². The number of hydrogen-bond donors (Lipinski definition) is 1. The first-order valence-electron chi connectivity index (χ1n) is 9.63. The number of amides is 1. The third-order valence-electron chi connectivity index (χ3n) is 4.34. The average Bonchev–Trinajstić information content (AvgIpc) is 3.20. The van der Waals surface area contributed by atoms with Crippen molar-refractivity contribution in [2.24, 2.45) is 0 Å². The molecule has 2 aromatic heterocycles. The highest BCUT2D eigenvalue weighted by Crippen LogP contribution is 2.31. The highest BCUT2D eigenvalue weighted by atomic mass is 16.6. The third-order valence-corrected chi connectivity index (χ3v) is 4.34. The number of ether oxygens (including phenoxy) is 3. The second-order valence-corrected chi connectivity index (χ2v) is 7.88. The van der Waals surface area contributed by atoms with Crippen molar-refractivity contribution in [3.63, 3.8) is 0 Å². The summed E-state index contributed by atoms with van der Waals surface area (Å²) < 4.78 is 16.6. The molecule has 0 unspecified atom stereocenters.